The van der Waals surface area contributed by atoms with E-state index in [1.807, 2.05) is 20.0 Å². The highest BCUT2D eigenvalue weighted by Gasteiger charge is 2.22. The van der Waals surface area contributed by atoms with Crippen LogP contribution in [0.3, 0.4) is 0 Å². The number of benzene rings is 1. The second kappa shape index (κ2) is 5.77. The van der Waals surface area contributed by atoms with Gasteiger partial charge in [-0.15, -0.1) is 12.4 Å². The maximum Gasteiger partial charge on any atom is 0.257 e. The average Bonchev–Trinajstić information content (AvgIpc) is 2.96. The lowest BCUT2D eigenvalue weighted by molar-refractivity contribution is 0.102. The van der Waals surface area contributed by atoms with Gasteiger partial charge in [0.05, 0.1) is 5.69 Å². The van der Waals surface area contributed by atoms with Gasteiger partial charge in [-0.3, -0.25) is 9.48 Å². The van der Waals surface area contributed by atoms with Gasteiger partial charge < -0.3 is 11.1 Å². The topological polar surface area (TPSA) is 72.9 Å². The minimum absolute atomic E-state index is 0. The lowest BCUT2D eigenvalue weighted by Gasteiger charge is -2.10. The van der Waals surface area contributed by atoms with Crippen LogP contribution in [0.1, 0.15) is 33.6 Å². The summed E-state index contributed by atoms with van der Waals surface area (Å²) in [6.07, 6.45) is 3.09. The number of carbonyl (C=O) groups excluding carboxylic acids is 1. The fraction of sp³-hybridized carbons (Fsp3) is 0.333. The first kappa shape index (κ1) is 15.4. The van der Waals surface area contributed by atoms with E-state index in [9.17, 15) is 4.79 Å². The SMILES string of the molecule is Cc1ccc(N)cc1C(=O)Nc1c2c(nn1C)CCC2.Cl. The number of fused-ring (bicyclic) bond motifs is 1. The number of aromatic nitrogens is 2. The molecule has 1 amide bonds. The van der Waals surface area contributed by atoms with Gasteiger partial charge in [0.25, 0.3) is 5.91 Å². The Morgan fingerprint density at radius 1 is 1.38 bits per heavy atom. The molecular weight excluding hydrogens is 288 g/mol. The van der Waals surface area contributed by atoms with Crippen LogP contribution in [0.15, 0.2) is 18.2 Å². The van der Waals surface area contributed by atoms with E-state index < -0.39 is 0 Å². The molecule has 0 saturated carbocycles. The van der Waals surface area contributed by atoms with Crippen LogP contribution >= 0.6 is 12.4 Å². The van der Waals surface area contributed by atoms with E-state index in [-0.39, 0.29) is 18.3 Å². The van der Waals surface area contributed by atoms with Gasteiger partial charge in [-0.2, -0.15) is 5.10 Å². The van der Waals surface area contributed by atoms with Gasteiger partial charge in [0.15, 0.2) is 0 Å². The van der Waals surface area contributed by atoms with Crippen molar-refractivity contribution >= 4 is 29.8 Å². The molecule has 0 bridgehead atoms. The lowest BCUT2D eigenvalue weighted by Crippen LogP contribution is -2.17. The standard InChI is InChI=1S/C15H18N4O.ClH/c1-9-6-7-10(16)8-12(9)15(20)17-14-11-4-3-5-13(11)18-19(14)2;/h6-8H,3-5,16H2,1-2H3,(H,17,20);1H. The normalized spacial score (nSPS) is 12.7. The predicted octanol–water partition coefficient (Wildman–Crippen LogP) is 2.47. The van der Waals surface area contributed by atoms with Gasteiger partial charge in [-0.25, -0.2) is 0 Å². The number of hydrogen-bond acceptors (Lipinski definition) is 3. The molecule has 0 spiro atoms. The van der Waals surface area contributed by atoms with E-state index in [4.69, 9.17) is 5.73 Å². The first-order valence-corrected chi connectivity index (χ1v) is 6.78. The van der Waals surface area contributed by atoms with Crippen molar-refractivity contribution in [1.82, 2.24) is 9.78 Å². The third-order valence-corrected chi connectivity index (χ3v) is 3.81. The number of amides is 1. The molecule has 6 heteroatoms. The molecule has 1 aliphatic rings. The molecule has 0 unspecified atom stereocenters. The highest BCUT2D eigenvalue weighted by Crippen LogP contribution is 2.28. The van der Waals surface area contributed by atoms with Crippen LogP contribution in [0.2, 0.25) is 0 Å². The molecule has 0 aliphatic heterocycles. The van der Waals surface area contributed by atoms with Crippen LogP contribution in [-0.2, 0) is 19.9 Å². The summed E-state index contributed by atoms with van der Waals surface area (Å²) >= 11 is 0. The zero-order valence-electron chi connectivity index (χ0n) is 12.1. The smallest absolute Gasteiger partial charge is 0.257 e. The number of aryl methyl sites for hydroxylation is 3. The molecule has 1 heterocycles. The van der Waals surface area contributed by atoms with Crippen LogP contribution in [-0.4, -0.2) is 15.7 Å². The average molecular weight is 307 g/mol. The number of rotatable bonds is 2. The summed E-state index contributed by atoms with van der Waals surface area (Å²) in [5.41, 5.74) is 10.1. The predicted molar refractivity (Wildman–Crippen MR) is 86.0 cm³/mol. The highest BCUT2D eigenvalue weighted by atomic mass is 35.5. The number of halogens is 1. The third-order valence-electron chi connectivity index (χ3n) is 3.81. The molecule has 0 atom stereocenters. The van der Waals surface area contributed by atoms with E-state index >= 15 is 0 Å². The zero-order valence-corrected chi connectivity index (χ0v) is 13.0. The van der Waals surface area contributed by atoms with Crippen molar-refractivity contribution < 1.29 is 4.79 Å². The van der Waals surface area contributed by atoms with E-state index in [1.165, 1.54) is 5.56 Å². The Balaban J connectivity index is 0.00000161. The maximum atomic E-state index is 12.4. The van der Waals surface area contributed by atoms with E-state index in [2.05, 4.69) is 10.4 Å². The highest BCUT2D eigenvalue weighted by molar-refractivity contribution is 6.05. The summed E-state index contributed by atoms with van der Waals surface area (Å²) in [5.74, 6) is 0.678. The maximum absolute atomic E-state index is 12.4. The van der Waals surface area contributed by atoms with Crippen molar-refractivity contribution in [3.05, 3.63) is 40.6 Å². The first-order valence-electron chi connectivity index (χ1n) is 6.78. The van der Waals surface area contributed by atoms with Gasteiger partial charge in [-0.05, 0) is 43.9 Å². The van der Waals surface area contributed by atoms with Gasteiger partial charge >= 0.3 is 0 Å². The van der Waals surface area contributed by atoms with Crippen molar-refractivity contribution in [2.45, 2.75) is 26.2 Å². The summed E-state index contributed by atoms with van der Waals surface area (Å²) in [5, 5.41) is 7.44. The Kier molecular flexibility index (Phi) is 4.23. The molecule has 112 valence electrons. The molecule has 1 aromatic heterocycles. The number of hydrogen-bond donors (Lipinski definition) is 2. The summed E-state index contributed by atoms with van der Waals surface area (Å²) in [6, 6.07) is 5.37. The molecule has 3 rings (SSSR count). The third kappa shape index (κ3) is 2.74. The molecular formula is C15H19ClN4O. The lowest BCUT2D eigenvalue weighted by atomic mass is 10.1. The van der Waals surface area contributed by atoms with Crippen molar-refractivity contribution in [1.29, 1.82) is 0 Å². The summed E-state index contributed by atoms with van der Waals surface area (Å²) in [6.45, 7) is 1.90. The largest absolute Gasteiger partial charge is 0.399 e. The Morgan fingerprint density at radius 2 is 2.14 bits per heavy atom. The molecule has 0 radical (unpaired) electrons. The fourth-order valence-corrected chi connectivity index (χ4v) is 2.74. The number of nitrogens with one attached hydrogen (secondary N) is 1. The van der Waals surface area contributed by atoms with Gasteiger partial charge in [0, 0.05) is 23.9 Å². The van der Waals surface area contributed by atoms with Crippen molar-refractivity contribution in [3.63, 3.8) is 0 Å². The number of anilines is 2. The summed E-state index contributed by atoms with van der Waals surface area (Å²) < 4.78 is 1.75. The van der Waals surface area contributed by atoms with Gasteiger partial charge in [0.2, 0.25) is 0 Å². The van der Waals surface area contributed by atoms with Crippen LogP contribution in [0, 0.1) is 6.92 Å². The summed E-state index contributed by atoms with van der Waals surface area (Å²) in [4.78, 5) is 12.4. The van der Waals surface area contributed by atoms with Crippen molar-refractivity contribution in [2.24, 2.45) is 7.05 Å². The monoisotopic (exact) mass is 306 g/mol. The van der Waals surface area contributed by atoms with Crippen molar-refractivity contribution in [2.75, 3.05) is 11.1 Å². The van der Waals surface area contributed by atoms with Crippen LogP contribution in [0.25, 0.3) is 0 Å². The van der Waals surface area contributed by atoms with Gasteiger partial charge in [0.1, 0.15) is 5.82 Å². The number of nitrogens with zero attached hydrogens (tertiary/aromatic N) is 2. The number of nitrogens with two attached hydrogens (primary N) is 1. The zero-order chi connectivity index (χ0) is 14.3. The first-order chi connectivity index (χ1) is 9.56. The second-order valence-corrected chi connectivity index (χ2v) is 5.28. The van der Waals surface area contributed by atoms with Crippen molar-refractivity contribution in [3.8, 4) is 0 Å². The molecule has 0 fully saturated rings. The number of nitrogen functional groups attached to an aromatic ring is 1. The Morgan fingerprint density at radius 3 is 2.90 bits per heavy atom. The fourth-order valence-electron chi connectivity index (χ4n) is 2.74. The Bertz CT molecular complexity index is 693. The molecule has 5 nitrogen and oxygen atoms in total. The van der Waals surface area contributed by atoms with Gasteiger partial charge in [-0.1, -0.05) is 6.07 Å². The van der Waals surface area contributed by atoms with Crippen LogP contribution in [0.5, 0.6) is 0 Å². The molecule has 21 heavy (non-hydrogen) atoms. The minimum Gasteiger partial charge on any atom is -0.399 e. The number of carbonyl (C=O) groups is 1. The molecule has 2 aromatic rings. The molecule has 1 aliphatic carbocycles. The second-order valence-electron chi connectivity index (χ2n) is 5.28. The quantitative estimate of drug-likeness (QED) is 0.837. The van der Waals surface area contributed by atoms with E-state index in [1.54, 1.807) is 16.8 Å². The van der Waals surface area contributed by atoms with Crippen LogP contribution < -0.4 is 11.1 Å². The Hall–Kier alpha value is -2.01. The van der Waals surface area contributed by atoms with Crippen LogP contribution in [0.4, 0.5) is 11.5 Å². The Labute approximate surface area is 129 Å². The summed E-state index contributed by atoms with van der Waals surface area (Å²) in [7, 11) is 1.86. The molecule has 3 N–H and O–H groups in total. The van der Waals surface area contributed by atoms with E-state index in [0.717, 1.165) is 36.3 Å². The molecule has 0 saturated heterocycles. The van der Waals surface area contributed by atoms with E-state index in [0.29, 0.717) is 11.3 Å². The minimum atomic E-state index is -0.132. The molecule has 1 aromatic carbocycles.